The summed E-state index contributed by atoms with van der Waals surface area (Å²) in [4.78, 5) is 22.9. The third kappa shape index (κ3) is 2.89. The monoisotopic (exact) mass is 313 g/mol. The van der Waals surface area contributed by atoms with Crippen LogP contribution in [0.2, 0.25) is 0 Å². The number of nitrogens with one attached hydrogen (secondary N) is 2. The standard InChI is InChI=1S/C16H12FN3O3/c17-12-8-4-7-11(9-12)14-15(20(22)23)13(18-16(21)19-14)10-5-2-1-3-6-10/h1-9,14H,(H2,18,19,21)/t14-/m1/s1. The molecule has 0 saturated heterocycles. The molecule has 7 heteroatoms. The van der Waals surface area contributed by atoms with E-state index in [1.54, 1.807) is 30.3 Å². The van der Waals surface area contributed by atoms with Gasteiger partial charge >= 0.3 is 6.03 Å². The van der Waals surface area contributed by atoms with E-state index in [0.29, 0.717) is 11.1 Å². The van der Waals surface area contributed by atoms with Gasteiger partial charge in [-0.25, -0.2) is 9.18 Å². The fraction of sp³-hybridized carbons (Fsp3) is 0.0625. The van der Waals surface area contributed by atoms with Crippen molar-refractivity contribution in [3.05, 3.63) is 87.4 Å². The predicted molar refractivity (Wildman–Crippen MR) is 81.2 cm³/mol. The van der Waals surface area contributed by atoms with Crippen LogP contribution in [0, 0.1) is 15.9 Å². The van der Waals surface area contributed by atoms with E-state index < -0.39 is 22.8 Å². The largest absolute Gasteiger partial charge is 0.321 e. The Morgan fingerprint density at radius 1 is 1.09 bits per heavy atom. The molecule has 0 spiro atoms. The number of rotatable bonds is 3. The molecule has 0 saturated carbocycles. The van der Waals surface area contributed by atoms with E-state index in [4.69, 9.17) is 0 Å². The Balaban J connectivity index is 2.18. The highest BCUT2D eigenvalue weighted by molar-refractivity contribution is 5.89. The van der Waals surface area contributed by atoms with E-state index in [1.165, 1.54) is 24.3 Å². The zero-order chi connectivity index (χ0) is 16.4. The Bertz CT molecular complexity index is 805. The minimum atomic E-state index is -1.04. The van der Waals surface area contributed by atoms with Crippen molar-refractivity contribution < 1.29 is 14.1 Å². The van der Waals surface area contributed by atoms with Crippen LogP contribution in [0.5, 0.6) is 0 Å². The Kier molecular flexibility index (Phi) is 3.76. The lowest BCUT2D eigenvalue weighted by atomic mass is 9.98. The van der Waals surface area contributed by atoms with Crippen molar-refractivity contribution in [1.29, 1.82) is 0 Å². The van der Waals surface area contributed by atoms with Crippen LogP contribution < -0.4 is 10.6 Å². The summed E-state index contributed by atoms with van der Waals surface area (Å²) in [5.41, 5.74) is 0.686. The summed E-state index contributed by atoms with van der Waals surface area (Å²) < 4.78 is 13.5. The van der Waals surface area contributed by atoms with Crippen molar-refractivity contribution in [2.24, 2.45) is 0 Å². The first kappa shape index (κ1) is 14.7. The summed E-state index contributed by atoms with van der Waals surface area (Å²) in [6, 6.07) is 12.3. The van der Waals surface area contributed by atoms with E-state index in [-0.39, 0.29) is 11.4 Å². The lowest BCUT2D eigenvalue weighted by Crippen LogP contribution is -2.45. The highest BCUT2D eigenvalue weighted by Gasteiger charge is 2.37. The minimum Gasteiger partial charge on any atom is -0.321 e. The molecule has 0 aromatic heterocycles. The summed E-state index contributed by atoms with van der Waals surface area (Å²) in [6.07, 6.45) is 0. The molecule has 2 aromatic rings. The van der Waals surface area contributed by atoms with Gasteiger partial charge in [0.25, 0.3) is 5.70 Å². The van der Waals surface area contributed by atoms with Gasteiger partial charge in [0.15, 0.2) is 0 Å². The lowest BCUT2D eigenvalue weighted by Gasteiger charge is -2.25. The van der Waals surface area contributed by atoms with E-state index in [9.17, 15) is 19.3 Å². The molecule has 6 nitrogen and oxygen atoms in total. The smallest absolute Gasteiger partial charge is 0.320 e. The maximum atomic E-state index is 13.5. The highest BCUT2D eigenvalue weighted by atomic mass is 19.1. The quantitative estimate of drug-likeness (QED) is 0.675. The fourth-order valence-corrected chi connectivity index (χ4v) is 2.51. The van der Waals surface area contributed by atoms with Crippen LogP contribution in [-0.2, 0) is 0 Å². The first-order valence-electron chi connectivity index (χ1n) is 6.83. The molecule has 1 aliphatic rings. The molecule has 2 amide bonds. The molecule has 3 rings (SSSR count). The van der Waals surface area contributed by atoms with Gasteiger partial charge in [0.2, 0.25) is 0 Å². The first-order chi connectivity index (χ1) is 11.1. The maximum absolute atomic E-state index is 13.5. The van der Waals surface area contributed by atoms with Gasteiger partial charge in [-0.3, -0.25) is 10.1 Å². The van der Waals surface area contributed by atoms with Crippen molar-refractivity contribution in [1.82, 2.24) is 10.6 Å². The number of carbonyl (C=O) groups excluding carboxylic acids is 1. The van der Waals surface area contributed by atoms with Crippen LogP contribution in [-0.4, -0.2) is 11.0 Å². The summed E-state index contributed by atoms with van der Waals surface area (Å²) in [5, 5.41) is 16.5. The van der Waals surface area contributed by atoms with Gasteiger partial charge in [0, 0.05) is 5.56 Å². The van der Waals surface area contributed by atoms with Crippen LogP contribution in [0.4, 0.5) is 9.18 Å². The number of hydrogen-bond donors (Lipinski definition) is 2. The van der Waals surface area contributed by atoms with Gasteiger partial charge in [0.1, 0.15) is 17.6 Å². The second-order valence-electron chi connectivity index (χ2n) is 4.97. The summed E-state index contributed by atoms with van der Waals surface area (Å²) in [6.45, 7) is 0. The average molecular weight is 313 g/mol. The molecular formula is C16H12FN3O3. The van der Waals surface area contributed by atoms with Crippen LogP contribution in [0.15, 0.2) is 60.3 Å². The molecule has 1 aliphatic heterocycles. The maximum Gasteiger partial charge on any atom is 0.320 e. The number of benzene rings is 2. The molecule has 116 valence electrons. The van der Waals surface area contributed by atoms with E-state index in [1.807, 2.05) is 0 Å². The van der Waals surface area contributed by atoms with Crippen molar-refractivity contribution in [3.63, 3.8) is 0 Å². The van der Waals surface area contributed by atoms with Gasteiger partial charge in [0.05, 0.1) is 4.92 Å². The SMILES string of the molecule is O=C1NC(c2ccccc2)=C([N+](=O)[O-])[C@@H](c2cccc(F)c2)N1. The van der Waals surface area contributed by atoms with E-state index in [2.05, 4.69) is 10.6 Å². The summed E-state index contributed by atoms with van der Waals surface area (Å²) >= 11 is 0. The number of halogens is 1. The van der Waals surface area contributed by atoms with Crippen LogP contribution >= 0.6 is 0 Å². The zero-order valence-corrected chi connectivity index (χ0v) is 11.8. The topological polar surface area (TPSA) is 84.3 Å². The molecule has 2 N–H and O–H groups in total. The van der Waals surface area contributed by atoms with E-state index >= 15 is 0 Å². The molecule has 1 atom stereocenters. The van der Waals surface area contributed by atoms with Gasteiger partial charge in [-0.1, -0.05) is 42.5 Å². The molecule has 2 aromatic carbocycles. The average Bonchev–Trinajstić information content (AvgIpc) is 2.54. The molecule has 0 fully saturated rings. The summed E-state index contributed by atoms with van der Waals surface area (Å²) in [5.74, 6) is -0.528. The molecule has 1 heterocycles. The number of carbonyl (C=O) groups is 1. The summed E-state index contributed by atoms with van der Waals surface area (Å²) in [7, 11) is 0. The molecule has 0 radical (unpaired) electrons. The second-order valence-corrected chi connectivity index (χ2v) is 4.97. The van der Waals surface area contributed by atoms with Crippen LogP contribution in [0.25, 0.3) is 5.70 Å². The zero-order valence-electron chi connectivity index (χ0n) is 11.8. The third-order valence-electron chi connectivity index (χ3n) is 3.48. The third-order valence-corrected chi connectivity index (χ3v) is 3.48. The predicted octanol–water partition coefficient (Wildman–Crippen LogP) is 2.83. The van der Waals surface area contributed by atoms with E-state index in [0.717, 1.165) is 0 Å². The number of nitro groups is 1. The molecular weight excluding hydrogens is 301 g/mol. The molecule has 0 bridgehead atoms. The van der Waals surface area contributed by atoms with Crippen molar-refractivity contribution >= 4 is 11.7 Å². The fourth-order valence-electron chi connectivity index (χ4n) is 2.51. The van der Waals surface area contributed by atoms with Crippen LogP contribution in [0.1, 0.15) is 17.2 Å². The van der Waals surface area contributed by atoms with Crippen molar-refractivity contribution in [2.75, 3.05) is 0 Å². The van der Waals surface area contributed by atoms with Crippen molar-refractivity contribution in [2.45, 2.75) is 6.04 Å². The molecule has 23 heavy (non-hydrogen) atoms. The van der Waals surface area contributed by atoms with Crippen LogP contribution in [0.3, 0.4) is 0 Å². The Hall–Kier alpha value is -3.22. The van der Waals surface area contributed by atoms with Gasteiger partial charge in [-0.2, -0.15) is 0 Å². The second kappa shape index (κ2) is 5.88. The number of hydrogen-bond acceptors (Lipinski definition) is 3. The highest BCUT2D eigenvalue weighted by Crippen LogP contribution is 2.31. The van der Waals surface area contributed by atoms with Gasteiger partial charge in [-0.05, 0) is 17.7 Å². The number of nitrogens with zero attached hydrogens (tertiary/aromatic N) is 1. The van der Waals surface area contributed by atoms with Crippen molar-refractivity contribution in [3.8, 4) is 0 Å². The number of amides is 2. The normalized spacial score (nSPS) is 17.4. The Labute approximate surface area is 130 Å². The first-order valence-corrected chi connectivity index (χ1v) is 6.83. The Morgan fingerprint density at radius 2 is 1.83 bits per heavy atom. The molecule has 0 aliphatic carbocycles. The number of urea groups is 1. The Morgan fingerprint density at radius 3 is 2.48 bits per heavy atom. The van der Waals surface area contributed by atoms with Gasteiger partial charge < -0.3 is 10.6 Å². The lowest BCUT2D eigenvalue weighted by molar-refractivity contribution is -0.430. The molecule has 0 unspecified atom stereocenters. The minimum absolute atomic E-state index is 0.105. The van der Waals surface area contributed by atoms with Gasteiger partial charge in [-0.15, -0.1) is 0 Å².